The number of nitrogens with one attached hydrogen (secondary N) is 1. The van der Waals surface area contributed by atoms with Crippen LogP contribution >= 0.6 is 34.8 Å². The maximum absolute atomic E-state index is 11.9. The molecule has 1 fully saturated rings. The minimum atomic E-state index is -2.12. The Labute approximate surface area is 145 Å². The summed E-state index contributed by atoms with van der Waals surface area (Å²) in [5.41, 5.74) is 0.357. The molecule has 1 saturated heterocycles. The van der Waals surface area contributed by atoms with Crippen LogP contribution in [-0.2, 0) is 19.2 Å². The van der Waals surface area contributed by atoms with Gasteiger partial charge >= 0.3 is 5.97 Å². The van der Waals surface area contributed by atoms with Crippen molar-refractivity contribution in [1.82, 2.24) is 5.06 Å². The Morgan fingerprint density at radius 1 is 1.04 bits per heavy atom. The van der Waals surface area contributed by atoms with Gasteiger partial charge in [0.05, 0.1) is 5.56 Å². The molecule has 1 aromatic carbocycles. The zero-order valence-electron chi connectivity index (χ0n) is 11.3. The molecule has 3 amide bonds. The lowest BCUT2D eigenvalue weighted by Gasteiger charge is -2.13. The molecule has 0 saturated carbocycles. The van der Waals surface area contributed by atoms with Crippen LogP contribution in [0.3, 0.4) is 0 Å². The normalized spacial score (nSPS) is 14.8. The number of hydrogen-bond acceptors (Lipinski definition) is 5. The first kappa shape index (κ1) is 17.5. The Morgan fingerprint density at radius 3 is 2.04 bits per heavy atom. The number of benzene rings is 1. The zero-order chi connectivity index (χ0) is 17.2. The molecule has 7 nitrogen and oxygen atoms in total. The molecule has 0 unspecified atom stereocenters. The van der Waals surface area contributed by atoms with E-state index >= 15 is 0 Å². The number of carbonyl (C=O) groups is 4. The van der Waals surface area contributed by atoms with Crippen LogP contribution in [0.2, 0.25) is 0 Å². The number of amides is 3. The van der Waals surface area contributed by atoms with E-state index in [9.17, 15) is 19.2 Å². The Bertz CT molecular complexity index is 653. The number of hydrogen-bond donors (Lipinski definition) is 1. The van der Waals surface area contributed by atoms with Crippen LogP contribution in [0.4, 0.5) is 5.69 Å². The van der Waals surface area contributed by atoms with Gasteiger partial charge in [0.15, 0.2) is 0 Å². The third kappa shape index (κ3) is 4.34. The van der Waals surface area contributed by atoms with Gasteiger partial charge in [0, 0.05) is 18.5 Å². The molecule has 1 aliphatic rings. The van der Waals surface area contributed by atoms with E-state index in [1.54, 1.807) is 0 Å². The third-order valence-corrected chi connectivity index (χ3v) is 3.33. The average molecular weight is 380 g/mol. The largest absolute Gasteiger partial charge is 0.363 e. The highest BCUT2D eigenvalue weighted by Crippen LogP contribution is 2.27. The molecule has 0 spiro atoms. The number of halogens is 3. The lowest BCUT2D eigenvalue weighted by Crippen LogP contribution is -2.32. The molecule has 1 aromatic rings. The van der Waals surface area contributed by atoms with Gasteiger partial charge < -0.3 is 10.2 Å². The van der Waals surface area contributed by atoms with Gasteiger partial charge in [-0.2, -0.15) is 0 Å². The minimum absolute atomic E-state index is 0.00805. The van der Waals surface area contributed by atoms with Gasteiger partial charge in [0.25, 0.3) is 21.5 Å². The van der Waals surface area contributed by atoms with Crippen LogP contribution < -0.4 is 5.32 Å². The number of nitrogens with zero attached hydrogens (tertiary/aromatic N) is 1. The lowest BCUT2D eigenvalue weighted by molar-refractivity contribution is -0.172. The first-order chi connectivity index (χ1) is 10.7. The van der Waals surface area contributed by atoms with Crippen molar-refractivity contribution in [2.24, 2.45) is 0 Å². The molecule has 0 aliphatic carbocycles. The SMILES string of the molecule is O=C(ON1C(=O)CCC1=O)c1ccc(NC(=O)C(Cl)(Cl)Cl)cc1. The highest BCUT2D eigenvalue weighted by Gasteiger charge is 2.33. The summed E-state index contributed by atoms with van der Waals surface area (Å²) in [6, 6.07) is 5.39. The Kier molecular flexibility index (Phi) is 5.13. The summed E-state index contributed by atoms with van der Waals surface area (Å²) in [5.74, 6) is -2.89. The summed E-state index contributed by atoms with van der Waals surface area (Å²) >= 11 is 16.2. The molecule has 1 heterocycles. The van der Waals surface area contributed by atoms with Crippen molar-refractivity contribution < 1.29 is 24.0 Å². The molecule has 2 rings (SSSR count). The van der Waals surface area contributed by atoms with Crippen molar-refractivity contribution in [3.63, 3.8) is 0 Å². The molecule has 10 heteroatoms. The summed E-state index contributed by atoms with van der Waals surface area (Å²) in [6.45, 7) is 0. The fraction of sp³-hybridized carbons (Fsp3) is 0.231. The summed E-state index contributed by atoms with van der Waals surface area (Å²) in [6.07, 6.45) is 0.0161. The van der Waals surface area contributed by atoms with E-state index in [4.69, 9.17) is 39.6 Å². The van der Waals surface area contributed by atoms with Crippen molar-refractivity contribution in [1.29, 1.82) is 0 Å². The highest BCUT2D eigenvalue weighted by atomic mass is 35.6. The third-order valence-electron chi connectivity index (χ3n) is 2.82. The van der Waals surface area contributed by atoms with Crippen LogP contribution in [0.1, 0.15) is 23.2 Å². The van der Waals surface area contributed by atoms with Gasteiger partial charge in [-0.15, -0.1) is 5.06 Å². The monoisotopic (exact) mass is 378 g/mol. The average Bonchev–Trinajstić information content (AvgIpc) is 2.79. The quantitative estimate of drug-likeness (QED) is 0.642. The number of imide groups is 1. The van der Waals surface area contributed by atoms with Crippen molar-refractivity contribution in [2.45, 2.75) is 16.6 Å². The van der Waals surface area contributed by atoms with Crippen molar-refractivity contribution in [3.8, 4) is 0 Å². The lowest BCUT2D eigenvalue weighted by atomic mass is 10.2. The fourth-order valence-electron chi connectivity index (χ4n) is 1.69. The van der Waals surface area contributed by atoms with Crippen molar-refractivity contribution in [2.75, 3.05) is 5.32 Å². The molecule has 1 N–H and O–H groups in total. The van der Waals surface area contributed by atoms with Crippen molar-refractivity contribution >= 4 is 64.2 Å². The predicted molar refractivity (Wildman–Crippen MR) is 81.9 cm³/mol. The van der Waals surface area contributed by atoms with E-state index in [-0.39, 0.29) is 24.1 Å². The highest BCUT2D eigenvalue weighted by molar-refractivity contribution is 6.76. The second-order valence-electron chi connectivity index (χ2n) is 4.49. The van der Waals surface area contributed by atoms with Crippen molar-refractivity contribution in [3.05, 3.63) is 29.8 Å². The molecule has 0 aromatic heterocycles. The minimum Gasteiger partial charge on any atom is -0.325 e. The van der Waals surface area contributed by atoms with E-state index in [1.807, 2.05) is 0 Å². The number of rotatable bonds is 3. The Hall–Kier alpha value is -1.83. The van der Waals surface area contributed by atoms with Crippen LogP contribution in [0, 0.1) is 0 Å². The topological polar surface area (TPSA) is 92.8 Å². The van der Waals surface area contributed by atoms with Crippen LogP contribution in [0.25, 0.3) is 0 Å². The molecular formula is C13H9Cl3N2O5. The van der Waals surface area contributed by atoms with Gasteiger partial charge in [-0.05, 0) is 24.3 Å². The molecular weight excluding hydrogens is 371 g/mol. The summed E-state index contributed by atoms with van der Waals surface area (Å²) in [5, 5.41) is 2.78. The number of anilines is 1. The predicted octanol–water partition coefficient (Wildman–Crippen LogP) is 2.22. The molecule has 122 valence electrons. The zero-order valence-corrected chi connectivity index (χ0v) is 13.6. The summed E-state index contributed by atoms with van der Waals surface area (Å²) in [4.78, 5) is 50.8. The first-order valence-electron chi connectivity index (χ1n) is 6.25. The summed E-state index contributed by atoms with van der Waals surface area (Å²) < 4.78 is -2.12. The van der Waals surface area contributed by atoms with Gasteiger partial charge in [0.1, 0.15) is 0 Å². The van der Waals surface area contributed by atoms with E-state index in [0.29, 0.717) is 5.06 Å². The second kappa shape index (κ2) is 6.74. The smallest absolute Gasteiger partial charge is 0.325 e. The van der Waals surface area contributed by atoms with Crippen LogP contribution in [0.5, 0.6) is 0 Å². The Morgan fingerprint density at radius 2 is 1.57 bits per heavy atom. The van der Waals surface area contributed by atoms with E-state index in [1.165, 1.54) is 24.3 Å². The Balaban J connectivity index is 2.02. The maximum Gasteiger partial charge on any atom is 0.363 e. The van der Waals surface area contributed by atoms with Gasteiger partial charge in [-0.25, -0.2) is 4.79 Å². The standard InChI is InChI=1S/C13H9Cl3N2O5/c14-13(15,16)12(22)17-8-3-1-7(2-4-8)11(21)23-18-9(19)5-6-10(18)20/h1-4H,5-6H2,(H,17,22). The van der Waals surface area contributed by atoms with E-state index in [0.717, 1.165) is 0 Å². The fourth-order valence-corrected chi connectivity index (χ4v) is 1.83. The second-order valence-corrected chi connectivity index (χ2v) is 6.77. The molecule has 23 heavy (non-hydrogen) atoms. The summed E-state index contributed by atoms with van der Waals surface area (Å²) in [7, 11) is 0. The van der Waals surface area contributed by atoms with Gasteiger partial charge in [-0.1, -0.05) is 34.8 Å². The van der Waals surface area contributed by atoms with Gasteiger partial charge in [0.2, 0.25) is 0 Å². The molecule has 1 aliphatic heterocycles. The number of carbonyl (C=O) groups excluding carboxylic acids is 4. The maximum atomic E-state index is 11.9. The first-order valence-corrected chi connectivity index (χ1v) is 7.38. The van der Waals surface area contributed by atoms with E-state index < -0.39 is 27.5 Å². The van der Waals surface area contributed by atoms with E-state index in [2.05, 4.69) is 5.32 Å². The molecule has 0 atom stereocenters. The molecule has 0 radical (unpaired) electrons. The van der Waals surface area contributed by atoms with Gasteiger partial charge in [-0.3, -0.25) is 14.4 Å². The van der Waals surface area contributed by atoms with Crippen LogP contribution in [0.15, 0.2) is 24.3 Å². The number of hydroxylamine groups is 2. The van der Waals surface area contributed by atoms with Crippen LogP contribution in [-0.4, -0.2) is 32.5 Å². The number of alkyl halides is 3. The molecule has 0 bridgehead atoms.